The van der Waals surface area contributed by atoms with Crippen molar-refractivity contribution in [2.24, 2.45) is 0 Å². The van der Waals surface area contributed by atoms with Gasteiger partial charge in [0.05, 0.1) is 0 Å². The molecule has 2 aromatic rings. The quantitative estimate of drug-likeness (QED) is 0.745. The first kappa shape index (κ1) is 18.9. The highest BCUT2D eigenvalue weighted by atomic mass is 32.2. The smallest absolute Gasteiger partial charge is 0.309 e. The molecule has 0 atom stereocenters. The van der Waals surface area contributed by atoms with Crippen molar-refractivity contribution in [2.45, 2.75) is 29.0 Å². The molecule has 1 aliphatic heterocycles. The summed E-state index contributed by atoms with van der Waals surface area (Å²) < 4.78 is 5.34. The SMILES string of the molecule is O=C(NCc1ccsc1)C(=O)NCC1(Sc2ccccc2)CCOCC1. The summed E-state index contributed by atoms with van der Waals surface area (Å²) in [5.74, 6) is -1.18. The second-order valence-electron chi connectivity index (χ2n) is 6.21. The molecule has 1 fully saturated rings. The van der Waals surface area contributed by atoms with Crippen LogP contribution < -0.4 is 10.6 Å². The number of hydrogen-bond acceptors (Lipinski definition) is 5. The second-order valence-corrected chi connectivity index (χ2v) is 8.53. The van der Waals surface area contributed by atoms with E-state index < -0.39 is 11.8 Å². The number of nitrogens with one attached hydrogen (secondary N) is 2. The molecule has 1 aromatic heterocycles. The van der Waals surface area contributed by atoms with Crippen LogP contribution in [0, 0.1) is 0 Å². The Morgan fingerprint density at radius 2 is 1.81 bits per heavy atom. The van der Waals surface area contributed by atoms with Crippen molar-refractivity contribution in [1.82, 2.24) is 10.6 Å². The van der Waals surface area contributed by atoms with E-state index in [-0.39, 0.29) is 4.75 Å². The van der Waals surface area contributed by atoms with Crippen LogP contribution in [0.25, 0.3) is 0 Å². The van der Waals surface area contributed by atoms with Crippen LogP contribution in [0.1, 0.15) is 18.4 Å². The maximum atomic E-state index is 12.2. The zero-order valence-electron chi connectivity index (χ0n) is 14.4. The van der Waals surface area contributed by atoms with Gasteiger partial charge in [-0.05, 0) is 47.4 Å². The molecule has 1 aliphatic rings. The van der Waals surface area contributed by atoms with E-state index in [1.807, 2.05) is 35.0 Å². The lowest BCUT2D eigenvalue weighted by atomic mass is 9.99. The van der Waals surface area contributed by atoms with Crippen molar-refractivity contribution < 1.29 is 14.3 Å². The van der Waals surface area contributed by atoms with Crippen LogP contribution in [-0.4, -0.2) is 36.3 Å². The van der Waals surface area contributed by atoms with Gasteiger partial charge in [-0.2, -0.15) is 11.3 Å². The molecule has 26 heavy (non-hydrogen) atoms. The molecule has 0 radical (unpaired) electrons. The number of carbonyl (C=O) groups excluding carboxylic acids is 2. The molecular formula is C19H22N2O3S2. The minimum absolute atomic E-state index is 0.150. The minimum Gasteiger partial charge on any atom is -0.381 e. The Hall–Kier alpha value is -1.83. The minimum atomic E-state index is -0.594. The van der Waals surface area contributed by atoms with E-state index in [4.69, 9.17) is 4.74 Å². The fraction of sp³-hybridized carbons (Fsp3) is 0.368. The summed E-state index contributed by atoms with van der Waals surface area (Å²) in [4.78, 5) is 25.4. The van der Waals surface area contributed by atoms with Gasteiger partial charge in [-0.15, -0.1) is 11.8 Å². The number of carbonyl (C=O) groups is 2. The Bertz CT molecular complexity index is 714. The third kappa shape index (κ3) is 5.33. The molecule has 7 heteroatoms. The van der Waals surface area contributed by atoms with Crippen molar-refractivity contribution in [2.75, 3.05) is 19.8 Å². The van der Waals surface area contributed by atoms with E-state index in [9.17, 15) is 9.59 Å². The molecule has 1 aromatic carbocycles. The zero-order valence-corrected chi connectivity index (χ0v) is 16.0. The fourth-order valence-electron chi connectivity index (χ4n) is 2.77. The first-order valence-electron chi connectivity index (χ1n) is 8.56. The lowest BCUT2D eigenvalue weighted by Gasteiger charge is -2.36. The number of thioether (sulfide) groups is 1. The molecule has 5 nitrogen and oxygen atoms in total. The largest absolute Gasteiger partial charge is 0.381 e. The standard InChI is InChI=1S/C19H22N2O3S2/c22-17(20-12-15-6-11-25-13-15)18(23)21-14-19(7-9-24-10-8-19)26-16-4-2-1-3-5-16/h1-6,11,13H,7-10,12,14H2,(H,20,22)(H,21,23). The van der Waals surface area contributed by atoms with Crippen LogP contribution in [0.4, 0.5) is 0 Å². The van der Waals surface area contributed by atoms with Gasteiger partial charge in [0.25, 0.3) is 0 Å². The molecule has 0 aliphatic carbocycles. The van der Waals surface area contributed by atoms with Gasteiger partial charge in [-0.1, -0.05) is 18.2 Å². The van der Waals surface area contributed by atoms with Crippen LogP contribution in [0.5, 0.6) is 0 Å². The van der Waals surface area contributed by atoms with E-state index in [2.05, 4.69) is 22.8 Å². The molecule has 138 valence electrons. The first-order chi connectivity index (χ1) is 12.7. The summed E-state index contributed by atoms with van der Waals surface area (Å²) in [5.41, 5.74) is 0.997. The lowest BCUT2D eigenvalue weighted by Crippen LogP contribution is -2.48. The summed E-state index contributed by atoms with van der Waals surface area (Å²) >= 11 is 3.31. The summed E-state index contributed by atoms with van der Waals surface area (Å²) in [6.45, 7) is 2.15. The van der Waals surface area contributed by atoms with Crippen molar-refractivity contribution in [3.63, 3.8) is 0 Å². The van der Waals surface area contributed by atoms with E-state index >= 15 is 0 Å². The van der Waals surface area contributed by atoms with Crippen molar-refractivity contribution in [1.29, 1.82) is 0 Å². The topological polar surface area (TPSA) is 67.4 Å². The number of ether oxygens (including phenoxy) is 1. The summed E-state index contributed by atoms with van der Waals surface area (Å²) in [5, 5.41) is 9.37. The zero-order chi connectivity index (χ0) is 18.2. The monoisotopic (exact) mass is 390 g/mol. The Balaban J connectivity index is 1.55. The summed E-state index contributed by atoms with van der Waals surface area (Å²) in [7, 11) is 0. The molecular weight excluding hydrogens is 368 g/mol. The van der Waals surface area contributed by atoms with Gasteiger partial charge < -0.3 is 15.4 Å². The Morgan fingerprint density at radius 3 is 2.50 bits per heavy atom. The van der Waals surface area contributed by atoms with Gasteiger partial charge in [0.15, 0.2) is 0 Å². The maximum Gasteiger partial charge on any atom is 0.309 e. The van der Waals surface area contributed by atoms with Crippen molar-refractivity contribution in [3.8, 4) is 0 Å². The molecule has 1 saturated heterocycles. The second kappa shape index (κ2) is 9.21. The average molecular weight is 391 g/mol. The third-order valence-corrected chi connectivity index (χ3v) is 6.52. The summed E-state index contributed by atoms with van der Waals surface area (Å²) in [6.07, 6.45) is 1.67. The number of thiophene rings is 1. The number of hydrogen-bond donors (Lipinski definition) is 2. The van der Waals surface area contributed by atoms with Gasteiger partial charge in [0.1, 0.15) is 0 Å². The van der Waals surface area contributed by atoms with Gasteiger partial charge >= 0.3 is 11.8 Å². The van der Waals surface area contributed by atoms with E-state index in [1.165, 1.54) is 0 Å². The fourth-order valence-corrected chi connectivity index (χ4v) is 4.75. The number of rotatable bonds is 6. The number of benzene rings is 1. The van der Waals surface area contributed by atoms with E-state index in [0.29, 0.717) is 26.3 Å². The first-order valence-corrected chi connectivity index (χ1v) is 10.3. The third-order valence-electron chi connectivity index (χ3n) is 4.29. The Kier molecular flexibility index (Phi) is 6.71. The maximum absolute atomic E-state index is 12.2. The molecule has 0 spiro atoms. The predicted molar refractivity (Wildman–Crippen MR) is 104 cm³/mol. The molecule has 2 heterocycles. The highest BCUT2D eigenvalue weighted by Gasteiger charge is 2.34. The lowest BCUT2D eigenvalue weighted by molar-refractivity contribution is -0.139. The normalized spacial score (nSPS) is 16.0. The predicted octanol–water partition coefficient (Wildman–Crippen LogP) is 2.82. The molecule has 0 saturated carbocycles. The Labute approximate surface area is 161 Å². The van der Waals surface area contributed by atoms with Crippen LogP contribution >= 0.6 is 23.1 Å². The van der Waals surface area contributed by atoms with E-state index in [0.717, 1.165) is 23.3 Å². The van der Waals surface area contributed by atoms with Crippen molar-refractivity contribution >= 4 is 34.9 Å². The highest BCUT2D eigenvalue weighted by molar-refractivity contribution is 8.00. The average Bonchev–Trinajstić information content (AvgIpc) is 3.19. The van der Waals surface area contributed by atoms with Gasteiger partial charge in [-0.25, -0.2) is 0 Å². The van der Waals surface area contributed by atoms with Crippen LogP contribution in [-0.2, 0) is 20.9 Å². The van der Waals surface area contributed by atoms with Gasteiger partial charge in [-0.3, -0.25) is 9.59 Å². The van der Waals surface area contributed by atoms with Crippen molar-refractivity contribution in [3.05, 3.63) is 52.7 Å². The molecule has 3 rings (SSSR count). The van der Waals surface area contributed by atoms with Gasteiger partial charge in [0, 0.05) is 35.9 Å². The molecule has 2 amide bonds. The van der Waals surface area contributed by atoms with Gasteiger partial charge in [0.2, 0.25) is 0 Å². The number of amides is 2. The highest BCUT2D eigenvalue weighted by Crippen LogP contribution is 2.39. The molecule has 2 N–H and O–H groups in total. The molecule has 0 bridgehead atoms. The molecule has 0 unspecified atom stereocenters. The van der Waals surface area contributed by atoms with E-state index in [1.54, 1.807) is 23.1 Å². The summed E-state index contributed by atoms with van der Waals surface area (Å²) in [6, 6.07) is 12.1. The van der Waals surface area contributed by atoms with Crippen LogP contribution in [0.2, 0.25) is 0 Å². The van der Waals surface area contributed by atoms with Crippen LogP contribution in [0.3, 0.4) is 0 Å². The Morgan fingerprint density at radius 1 is 1.08 bits per heavy atom. The van der Waals surface area contributed by atoms with Crippen LogP contribution in [0.15, 0.2) is 52.1 Å².